The predicted molar refractivity (Wildman–Crippen MR) is 107 cm³/mol. The van der Waals surface area contributed by atoms with Gasteiger partial charge in [-0.2, -0.15) is 5.10 Å². The highest BCUT2D eigenvalue weighted by Crippen LogP contribution is 2.25. The second kappa shape index (κ2) is 6.66. The van der Waals surface area contributed by atoms with E-state index in [0.717, 1.165) is 4.90 Å². The number of amides is 3. The molecule has 0 aliphatic carbocycles. The van der Waals surface area contributed by atoms with Gasteiger partial charge in [0.2, 0.25) is 0 Å². The van der Waals surface area contributed by atoms with Crippen LogP contribution in [0.4, 0.5) is 5.69 Å². The van der Waals surface area contributed by atoms with Crippen LogP contribution in [0.25, 0.3) is 10.8 Å². The first kappa shape index (κ1) is 18.5. The minimum absolute atomic E-state index is 0.105. The fourth-order valence-corrected chi connectivity index (χ4v) is 3.35. The van der Waals surface area contributed by atoms with Crippen molar-refractivity contribution in [3.63, 3.8) is 0 Å². The van der Waals surface area contributed by atoms with E-state index in [1.54, 1.807) is 30.3 Å². The highest BCUT2D eigenvalue weighted by molar-refractivity contribution is 6.22. The van der Waals surface area contributed by atoms with Crippen molar-refractivity contribution in [1.29, 1.82) is 0 Å². The molecule has 0 bridgehead atoms. The molecule has 4 rings (SSSR count). The molecule has 0 spiro atoms. The highest BCUT2D eigenvalue weighted by Gasteiger charge is 2.33. The molecule has 1 aliphatic heterocycles. The van der Waals surface area contributed by atoms with Crippen LogP contribution in [0.2, 0.25) is 0 Å². The number of nitrogens with zero attached hydrogens (tertiary/aromatic N) is 3. The molecule has 146 valence electrons. The zero-order valence-electron chi connectivity index (χ0n) is 16.1. The van der Waals surface area contributed by atoms with Gasteiger partial charge < -0.3 is 5.32 Å². The third-order valence-corrected chi connectivity index (χ3v) is 4.88. The zero-order chi connectivity index (χ0) is 20.9. The number of carbonyl (C=O) groups is 3. The van der Waals surface area contributed by atoms with Crippen LogP contribution in [0.5, 0.6) is 0 Å². The lowest BCUT2D eigenvalue weighted by molar-refractivity contribution is 0.0692. The summed E-state index contributed by atoms with van der Waals surface area (Å²) in [5.41, 5.74) is 0.733. The molecule has 3 amide bonds. The summed E-state index contributed by atoms with van der Waals surface area (Å²) < 4.78 is 1.27. The summed E-state index contributed by atoms with van der Waals surface area (Å²) in [5, 5.41) is 7.83. The van der Waals surface area contributed by atoms with E-state index >= 15 is 0 Å². The van der Waals surface area contributed by atoms with Crippen LogP contribution in [-0.4, -0.2) is 39.4 Å². The van der Waals surface area contributed by atoms with Gasteiger partial charge in [0.25, 0.3) is 23.3 Å². The predicted octanol–water partition coefficient (Wildman–Crippen LogP) is 2.46. The molecule has 2 aromatic carbocycles. The van der Waals surface area contributed by atoms with Gasteiger partial charge in [0.15, 0.2) is 5.69 Å². The first-order valence-corrected chi connectivity index (χ1v) is 9.09. The number of hydrogen-bond donors (Lipinski definition) is 1. The van der Waals surface area contributed by atoms with Gasteiger partial charge in [0.05, 0.1) is 22.6 Å². The van der Waals surface area contributed by atoms with Crippen molar-refractivity contribution in [3.05, 3.63) is 69.6 Å². The Kier molecular flexibility index (Phi) is 4.26. The lowest BCUT2D eigenvalue weighted by Gasteiger charge is -2.13. The Morgan fingerprint density at radius 3 is 2.31 bits per heavy atom. The van der Waals surface area contributed by atoms with Gasteiger partial charge in [-0.25, -0.2) is 4.68 Å². The summed E-state index contributed by atoms with van der Waals surface area (Å²) in [7, 11) is 1.41. The summed E-state index contributed by atoms with van der Waals surface area (Å²) in [6, 6.07) is 11.1. The van der Waals surface area contributed by atoms with Crippen LogP contribution >= 0.6 is 0 Å². The number of imide groups is 1. The number of hydrogen-bond acceptors (Lipinski definition) is 5. The lowest BCUT2D eigenvalue weighted by Crippen LogP contribution is -2.29. The number of fused-ring (bicyclic) bond motifs is 2. The van der Waals surface area contributed by atoms with E-state index in [0.29, 0.717) is 22.0 Å². The van der Waals surface area contributed by atoms with Gasteiger partial charge in [-0.1, -0.05) is 18.2 Å². The smallest absolute Gasteiger partial charge is 0.276 e. The summed E-state index contributed by atoms with van der Waals surface area (Å²) in [4.78, 5) is 50.8. The van der Waals surface area contributed by atoms with E-state index in [-0.39, 0.29) is 28.8 Å². The van der Waals surface area contributed by atoms with E-state index < -0.39 is 11.8 Å². The number of nitrogens with one attached hydrogen (secondary N) is 1. The summed E-state index contributed by atoms with van der Waals surface area (Å²) in [6.07, 6.45) is 0. The van der Waals surface area contributed by atoms with Crippen LogP contribution in [0.15, 0.2) is 47.3 Å². The Morgan fingerprint density at radius 2 is 1.62 bits per heavy atom. The van der Waals surface area contributed by atoms with E-state index in [1.165, 1.54) is 23.9 Å². The maximum atomic E-state index is 13.0. The van der Waals surface area contributed by atoms with Crippen LogP contribution in [0.3, 0.4) is 0 Å². The third kappa shape index (κ3) is 2.89. The minimum atomic E-state index is -0.513. The van der Waals surface area contributed by atoms with Crippen LogP contribution in [-0.2, 0) is 0 Å². The first-order chi connectivity index (χ1) is 13.8. The van der Waals surface area contributed by atoms with Crippen molar-refractivity contribution in [2.45, 2.75) is 19.9 Å². The standard InChI is InChI=1S/C21H18N4O4/c1-11(2)25-21(29)14-7-5-4-6-13(14)17(23-25)18(26)22-12-8-9-15-16(10-12)20(28)24(3)19(15)27/h4-11H,1-3H3,(H,22,26). The molecule has 0 radical (unpaired) electrons. The Bertz CT molecular complexity index is 1260. The molecule has 0 saturated carbocycles. The molecular weight excluding hydrogens is 372 g/mol. The fourth-order valence-electron chi connectivity index (χ4n) is 3.35. The van der Waals surface area contributed by atoms with Crippen LogP contribution in [0.1, 0.15) is 51.1 Å². The van der Waals surface area contributed by atoms with E-state index in [2.05, 4.69) is 10.4 Å². The molecule has 3 aromatic rings. The number of benzene rings is 2. The maximum absolute atomic E-state index is 13.0. The normalized spacial score (nSPS) is 13.3. The Hall–Kier alpha value is -3.81. The van der Waals surface area contributed by atoms with Crippen molar-refractivity contribution in [2.24, 2.45) is 0 Å². The van der Waals surface area contributed by atoms with E-state index in [4.69, 9.17) is 0 Å². The molecule has 0 fully saturated rings. The molecular formula is C21H18N4O4. The third-order valence-electron chi connectivity index (χ3n) is 4.88. The van der Waals surface area contributed by atoms with Gasteiger partial charge in [-0.15, -0.1) is 0 Å². The maximum Gasteiger partial charge on any atom is 0.276 e. The van der Waals surface area contributed by atoms with Crippen molar-refractivity contribution in [2.75, 3.05) is 12.4 Å². The van der Waals surface area contributed by atoms with Crippen molar-refractivity contribution in [3.8, 4) is 0 Å². The van der Waals surface area contributed by atoms with Crippen LogP contribution in [0, 0.1) is 0 Å². The highest BCUT2D eigenvalue weighted by atomic mass is 16.2. The van der Waals surface area contributed by atoms with Gasteiger partial charge in [0, 0.05) is 18.1 Å². The van der Waals surface area contributed by atoms with E-state index in [9.17, 15) is 19.2 Å². The summed E-state index contributed by atoms with van der Waals surface area (Å²) >= 11 is 0. The largest absolute Gasteiger partial charge is 0.321 e. The number of anilines is 1. The van der Waals surface area contributed by atoms with Crippen LogP contribution < -0.4 is 10.9 Å². The van der Waals surface area contributed by atoms with Crippen molar-refractivity contribution >= 4 is 34.2 Å². The summed E-state index contributed by atoms with van der Waals surface area (Å²) in [6.45, 7) is 3.62. The van der Waals surface area contributed by atoms with Crippen molar-refractivity contribution in [1.82, 2.24) is 14.7 Å². The van der Waals surface area contributed by atoms with Gasteiger partial charge in [0.1, 0.15) is 0 Å². The van der Waals surface area contributed by atoms with Gasteiger partial charge in [-0.3, -0.25) is 24.1 Å². The summed E-state index contributed by atoms with van der Waals surface area (Å²) in [5.74, 6) is -1.31. The molecule has 1 aliphatic rings. The first-order valence-electron chi connectivity index (χ1n) is 9.09. The molecule has 8 heteroatoms. The second-order valence-electron chi connectivity index (χ2n) is 7.12. The monoisotopic (exact) mass is 390 g/mol. The number of carbonyl (C=O) groups excluding carboxylic acids is 3. The quantitative estimate of drug-likeness (QED) is 0.692. The molecule has 2 heterocycles. The molecule has 0 atom stereocenters. The fraction of sp³-hybridized carbons (Fsp3) is 0.190. The molecule has 8 nitrogen and oxygen atoms in total. The Balaban J connectivity index is 1.76. The lowest BCUT2D eigenvalue weighted by atomic mass is 10.1. The van der Waals surface area contributed by atoms with Gasteiger partial charge in [-0.05, 0) is 38.1 Å². The zero-order valence-corrected chi connectivity index (χ0v) is 16.1. The second-order valence-corrected chi connectivity index (χ2v) is 7.12. The topological polar surface area (TPSA) is 101 Å². The number of rotatable bonds is 3. The minimum Gasteiger partial charge on any atom is -0.321 e. The molecule has 0 saturated heterocycles. The molecule has 29 heavy (non-hydrogen) atoms. The Morgan fingerprint density at radius 1 is 0.966 bits per heavy atom. The SMILES string of the molecule is CC(C)n1nc(C(=O)Nc2ccc3c(c2)C(=O)N(C)C3=O)c2ccccc2c1=O. The molecule has 1 aromatic heterocycles. The molecule has 1 N–H and O–H groups in total. The molecule has 0 unspecified atom stereocenters. The average Bonchev–Trinajstić information content (AvgIpc) is 2.92. The number of aromatic nitrogens is 2. The van der Waals surface area contributed by atoms with Gasteiger partial charge >= 0.3 is 0 Å². The van der Waals surface area contributed by atoms with E-state index in [1.807, 2.05) is 13.8 Å². The average molecular weight is 390 g/mol. The van der Waals surface area contributed by atoms with Crippen molar-refractivity contribution < 1.29 is 14.4 Å². The Labute approximate surface area is 165 Å².